The second-order valence-corrected chi connectivity index (χ2v) is 20.6. The molecule has 4 aliphatic rings. The van der Waals surface area contributed by atoms with E-state index >= 15 is 0 Å². The Kier molecular flexibility index (Phi) is 11.5. The molecule has 39 heavy (non-hydrogen) atoms. The van der Waals surface area contributed by atoms with Crippen molar-refractivity contribution in [3.63, 3.8) is 0 Å². The van der Waals surface area contributed by atoms with Crippen molar-refractivity contribution in [2.45, 2.75) is 127 Å². The number of hydrogen-bond acceptors (Lipinski definition) is 0. The molecular formula is C36H58Cl2Zr. The Morgan fingerprint density at radius 3 is 1.21 bits per heavy atom. The van der Waals surface area contributed by atoms with Gasteiger partial charge in [0.25, 0.3) is 0 Å². The maximum atomic E-state index is 2.72. The van der Waals surface area contributed by atoms with Crippen LogP contribution in [0.1, 0.15) is 121 Å². The summed E-state index contributed by atoms with van der Waals surface area (Å²) in [7, 11) is 0. The molecule has 0 aromatic carbocycles. The van der Waals surface area contributed by atoms with Gasteiger partial charge in [-0.2, -0.15) is 0 Å². The fraction of sp³-hybridized carbons (Fsp3) is 0.778. The first-order chi connectivity index (χ1) is 17.1. The van der Waals surface area contributed by atoms with Crippen LogP contribution < -0.4 is 24.8 Å². The average Bonchev–Trinajstić information content (AvgIpc) is 3.51. The van der Waals surface area contributed by atoms with Crippen LogP contribution in [0.4, 0.5) is 0 Å². The smallest absolute Gasteiger partial charge is 1.00 e. The molecule has 3 heteroatoms. The molecule has 0 aromatic rings. The van der Waals surface area contributed by atoms with Crippen LogP contribution in [-0.2, 0) is 23.2 Å². The third-order valence-corrected chi connectivity index (χ3v) is 19.7. The molecule has 0 spiro atoms. The number of rotatable bonds is 8. The zero-order valence-corrected chi connectivity index (χ0v) is 30.8. The molecule has 4 rings (SSSR count). The maximum absolute atomic E-state index is 2.72. The van der Waals surface area contributed by atoms with E-state index in [-0.39, 0.29) is 24.8 Å². The van der Waals surface area contributed by atoms with Crippen LogP contribution >= 0.6 is 0 Å². The van der Waals surface area contributed by atoms with Gasteiger partial charge in [-0.3, -0.25) is 0 Å². The zero-order chi connectivity index (χ0) is 27.3. The van der Waals surface area contributed by atoms with Crippen LogP contribution in [0.25, 0.3) is 0 Å². The van der Waals surface area contributed by atoms with Crippen molar-refractivity contribution in [3.05, 3.63) is 48.6 Å². The van der Waals surface area contributed by atoms with E-state index in [1.807, 2.05) is 0 Å². The first-order valence-corrected chi connectivity index (χ1v) is 18.1. The third-order valence-electron chi connectivity index (χ3n) is 13.1. The van der Waals surface area contributed by atoms with E-state index in [1.54, 1.807) is 0 Å². The molecule has 0 nitrogen and oxygen atoms in total. The van der Waals surface area contributed by atoms with Crippen LogP contribution in [0.15, 0.2) is 48.6 Å². The Bertz CT molecular complexity index is 851. The molecule has 0 bridgehead atoms. The number of allylic oxidation sites excluding steroid dienone is 8. The van der Waals surface area contributed by atoms with Gasteiger partial charge in [0.1, 0.15) is 0 Å². The van der Waals surface area contributed by atoms with E-state index < -0.39 is 23.2 Å². The molecule has 0 heterocycles. The standard InChI is InChI=1S/2C18H29.2ClH.Zr/c2*1-14(2)17(3,4)16-11-8-12-18(5,13-16)15-9-6-7-10-15;;;/h2*6-7,9-10,14,16H,8,11-13H2,1-5H3;2*1H;/q;;;;+2/p-2. The second-order valence-electron chi connectivity index (χ2n) is 16.0. The topological polar surface area (TPSA) is 0 Å². The van der Waals surface area contributed by atoms with Crippen molar-refractivity contribution >= 4 is 0 Å². The van der Waals surface area contributed by atoms with Gasteiger partial charge < -0.3 is 24.8 Å². The number of hydrogen-bond donors (Lipinski definition) is 0. The summed E-state index contributed by atoms with van der Waals surface area (Å²) in [5, 5.41) is 0. The van der Waals surface area contributed by atoms with Gasteiger partial charge >= 0.3 is 244 Å². The van der Waals surface area contributed by atoms with E-state index in [0.717, 1.165) is 23.7 Å². The molecule has 4 atom stereocenters. The Balaban J connectivity index is 0.00000267. The molecule has 0 aliphatic heterocycles. The summed E-state index contributed by atoms with van der Waals surface area (Å²) in [6.07, 6.45) is 31.8. The SMILES string of the molecule is CC(C)C(C)(C)C1CCCC(C)([C]2([Zr+2][C]3(C4(C)CCCC(C(C)(C)C(C)C)C4)C=CC=C3)C=CC=C2)C1.[Cl-].[Cl-]. The summed E-state index contributed by atoms with van der Waals surface area (Å²) in [6, 6.07) is 0. The van der Waals surface area contributed by atoms with E-state index in [4.69, 9.17) is 0 Å². The van der Waals surface area contributed by atoms with Crippen molar-refractivity contribution in [3.8, 4) is 0 Å². The summed E-state index contributed by atoms with van der Waals surface area (Å²) in [5.74, 6) is 3.13. The van der Waals surface area contributed by atoms with Crippen LogP contribution in [-0.4, -0.2) is 0 Å². The minimum Gasteiger partial charge on any atom is -1.00 e. The van der Waals surface area contributed by atoms with E-state index in [0.29, 0.717) is 27.9 Å². The van der Waals surface area contributed by atoms with E-state index in [1.165, 1.54) is 51.4 Å². The van der Waals surface area contributed by atoms with Crippen LogP contribution in [0.5, 0.6) is 0 Å². The van der Waals surface area contributed by atoms with Gasteiger partial charge in [-0.1, -0.05) is 0 Å². The van der Waals surface area contributed by atoms with Crippen LogP contribution in [0, 0.1) is 45.3 Å². The van der Waals surface area contributed by atoms with Gasteiger partial charge in [0, 0.05) is 0 Å². The molecule has 4 aliphatic carbocycles. The molecule has 0 saturated heterocycles. The average molecular weight is 653 g/mol. The molecule has 2 saturated carbocycles. The summed E-state index contributed by atoms with van der Waals surface area (Å²) in [5.41, 5.74) is 1.60. The van der Waals surface area contributed by atoms with Crippen molar-refractivity contribution in [2.75, 3.05) is 0 Å². The van der Waals surface area contributed by atoms with Crippen LogP contribution in [0.3, 0.4) is 0 Å². The molecule has 0 N–H and O–H groups in total. The quantitative estimate of drug-likeness (QED) is 0.330. The molecular weight excluding hydrogens is 595 g/mol. The largest absolute Gasteiger partial charge is 1.00 e. The predicted molar refractivity (Wildman–Crippen MR) is 159 cm³/mol. The van der Waals surface area contributed by atoms with E-state index in [2.05, 4.69) is 118 Å². The van der Waals surface area contributed by atoms with Gasteiger partial charge in [-0.25, -0.2) is 0 Å². The second kappa shape index (κ2) is 12.6. The van der Waals surface area contributed by atoms with Gasteiger partial charge in [0.2, 0.25) is 0 Å². The molecule has 0 amide bonds. The summed E-state index contributed by atoms with van der Waals surface area (Å²) in [4.78, 5) is 0. The zero-order valence-electron chi connectivity index (χ0n) is 26.8. The molecule has 4 unspecified atom stereocenters. The first kappa shape index (κ1) is 35.6. The van der Waals surface area contributed by atoms with Gasteiger partial charge in [-0.15, -0.1) is 0 Å². The Hall–Kier alpha value is 0.423. The van der Waals surface area contributed by atoms with Crippen LogP contribution in [0.2, 0.25) is 6.25 Å². The Labute approximate surface area is 267 Å². The molecule has 2 fully saturated rings. The molecule has 0 radical (unpaired) electrons. The van der Waals surface area contributed by atoms with Crippen molar-refractivity contribution in [1.82, 2.24) is 0 Å². The summed E-state index contributed by atoms with van der Waals surface area (Å²) < 4.78 is 0.620. The maximum Gasteiger partial charge on any atom is -1.00 e. The van der Waals surface area contributed by atoms with Crippen molar-refractivity contribution in [1.29, 1.82) is 0 Å². The fourth-order valence-corrected chi connectivity index (χ4v) is 14.5. The van der Waals surface area contributed by atoms with Gasteiger partial charge in [-0.05, 0) is 0 Å². The monoisotopic (exact) mass is 650 g/mol. The molecule has 220 valence electrons. The molecule has 0 aromatic heterocycles. The van der Waals surface area contributed by atoms with Crippen molar-refractivity contribution < 1.29 is 48.0 Å². The van der Waals surface area contributed by atoms with Gasteiger partial charge in [0.15, 0.2) is 0 Å². The predicted octanol–water partition coefficient (Wildman–Crippen LogP) is 5.40. The summed E-state index contributed by atoms with van der Waals surface area (Å²) >= 11 is -0.976. The first-order valence-electron chi connectivity index (χ1n) is 15.7. The number of halogens is 2. The van der Waals surface area contributed by atoms with Gasteiger partial charge in [0.05, 0.1) is 0 Å². The third kappa shape index (κ3) is 6.23. The Morgan fingerprint density at radius 2 is 0.923 bits per heavy atom. The fourth-order valence-electron chi connectivity index (χ4n) is 8.49. The minimum absolute atomic E-state index is 0. The summed E-state index contributed by atoms with van der Waals surface area (Å²) in [6.45, 7) is 25.5. The van der Waals surface area contributed by atoms with E-state index in [9.17, 15) is 0 Å². The van der Waals surface area contributed by atoms with Crippen molar-refractivity contribution in [2.24, 2.45) is 45.3 Å². The normalized spacial score (nSPS) is 33.2. The minimum atomic E-state index is -0.976. The Morgan fingerprint density at radius 1 is 0.615 bits per heavy atom.